The first-order valence-electron chi connectivity index (χ1n) is 10.2. The van der Waals surface area contributed by atoms with Crippen LogP contribution in [0, 0.1) is 0 Å². The Kier molecular flexibility index (Phi) is 7.63. The largest absolute Gasteiger partial charge is 0.394 e. The van der Waals surface area contributed by atoms with Gasteiger partial charge in [0.15, 0.2) is 0 Å². The number of halogens is 3. The number of oxime groups is 1. The van der Waals surface area contributed by atoms with E-state index in [0.29, 0.717) is 17.8 Å². The van der Waals surface area contributed by atoms with Crippen molar-refractivity contribution in [3.05, 3.63) is 59.9 Å². The molecule has 1 aromatic carbocycles. The number of ketones is 1. The monoisotopic (exact) mass is 446 g/mol. The van der Waals surface area contributed by atoms with Crippen LogP contribution >= 0.6 is 0 Å². The van der Waals surface area contributed by atoms with Gasteiger partial charge in [0.25, 0.3) is 0 Å². The lowest BCUT2D eigenvalue weighted by Crippen LogP contribution is -2.16. The molecular weight excluding hydrogens is 421 g/mol. The van der Waals surface area contributed by atoms with Gasteiger partial charge in [0.1, 0.15) is 18.0 Å². The van der Waals surface area contributed by atoms with Crippen LogP contribution in [0.25, 0.3) is 16.9 Å². The van der Waals surface area contributed by atoms with Gasteiger partial charge >= 0.3 is 6.18 Å². The van der Waals surface area contributed by atoms with Gasteiger partial charge < -0.3 is 9.74 Å². The molecule has 0 aliphatic rings. The number of alkyl halides is 3. The first-order valence-corrected chi connectivity index (χ1v) is 10.2. The number of hydrogen-bond donors (Lipinski definition) is 0. The van der Waals surface area contributed by atoms with Gasteiger partial charge in [-0.1, -0.05) is 23.4 Å². The van der Waals surface area contributed by atoms with Crippen molar-refractivity contribution in [2.75, 3.05) is 27.2 Å². The fourth-order valence-corrected chi connectivity index (χ4v) is 3.10. The minimum Gasteiger partial charge on any atom is -0.394 e. The third-order valence-corrected chi connectivity index (χ3v) is 4.75. The number of pyridine rings is 1. The molecular formula is C23H25F3N4O2. The molecule has 0 radical (unpaired) electrons. The van der Waals surface area contributed by atoms with E-state index < -0.39 is 24.8 Å². The van der Waals surface area contributed by atoms with Crippen molar-refractivity contribution in [3.8, 4) is 11.3 Å². The summed E-state index contributed by atoms with van der Waals surface area (Å²) in [6.45, 7) is 1.27. The van der Waals surface area contributed by atoms with Crippen molar-refractivity contribution < 1.29 is 22.8 Å². The minimum absolute atomic E-state index is 0.0326. The fraction of sp³-hybridized carbons (Fsp3) is 0.348. The molecule has 0 fully saturated rings. The zero-order valence-corrected chi connectivity index (χ0v) is 18.0. The Balaban J connectivity index is 1.69. The molecule has 170 valence electrons. The highest BCUT2D eigenvalue weighted by molar-refractivity contribution is 5.82. The fourth-order valence-electron chi connectivity index (χ4n) is 3.10. The highest BCUT2D eigenvalue weighted by atomic mass is 19.4. The van der Waals surface area contributed by atoms with Crippen LogP contribution < -0.4 is 0 Å². The van der Waals surface area contributed by atoms with E-state index in [9.17, 15) is 18.0 Å². The molecule has 0 spiro atoms. The van der Waals surface area contributed by atoms with E-state index in [4.69, 9.17) is 4.84 Å². The normalized spacial score (nSPS) is 12.2. The standard InChI is InChI=1S/C23H25F3N4O2/c1-29(2)10-11-32-28-15-18-7-9-30-21(16-27-22(30)14-18)19-5-3-4-17(12-19)13-20(31)6-8-23(24,25)26/h3-5,7,9,12,14-16H,6,8,10-11,13H2,1-2H3/b28-15-. The van der Waals surface area contributed by atoms with Gasteiger partial charge in [0.05, 0.1) is 24.5 Å². The molecule has 2 heterocycles. The molecule has 0 bridgehead atoms. The number of likely N-dealkylation sites (N-methyl/N-ethyl adjacent to an activating group) is 1. The summed E-state index contributed by atoms with van der Waals surface area (Å²) >= 11 is 0. The van der Waals surface area contributed by atoms with Crippen LogP contribution in [0.3, 0.4) is 0 Å². The Morgan fingerprint density at radius 3 is 2.81 bits per heavy atom. The molecule has 3 rings (SSSR count). The average Bonchev–Trinajstić information content (AvgIpc) is 3.15. The van der Waals surface area contributed by atoms with E-state index in [1.54, 1.807) is 24.5 Å². The van der Waals surface area contributed by atoms with Gasteiger partial charge in [-0.15, -0.1) is 0 Å². The summed E-state index contributed by atoms with van der Waals surface area (Å²) in [6.07, 6.45) is -0.756. The van der Waals surface area contributed by atoms with Gasteiger partial charge in [-0.2, -0.15) is 13.2 Å². The van der Waals surface area contributed by atoms with Crippen LogP contribution in [0.4, 0.5) is 13.2 Å². The first-order chi connectivity index (χ1) is 15.2. The van der Waals surface area contributed by atoms with Gasteiger partial charge in [-0.3, -0.25) is 9.20 Å². The molecule has 32 heavy (non-hydrogen) atoms. The molecule has 6 nitrogen and oxygen atoms in total. The van der Waals surface area contributed by atoms with Crippen LogP contribution in [0.2, 0.25) is 0 Å². The number of aromatic nitrogens is 2. The third-order valence-electron chi connectivity index (χ3n) is 4.75. The number of rotatable bonds is 10. The Morgan fingerprint density at radius 2 is 2.06 bits per heavy atom. The molecule has 0 aliphatic carbocycles. The van der Waals surface area contributed by atoms with Gasteiger partial charge in [0.2, 0.25) is 0 Å². The molecule has 0 unspecified atom stereocenters. The maximum Gasteiger partial charge on any atom is 0.389 e. The molecule has 0 amide bonds. The summed E-state index contributed by atoms with van der Waals surface area (Å²) in [4.78, 5) is 23.6. The van der Waals surface area contributed by atoms with E-state index in [2.05, 4.69) is 10.1 Å². The third kappa shape index (κ3) is 6.91. The van der Waals surface area contributed by atoms with Gasteiger partial charge in [0, 0.05) is 36.7 Å². The summed E-state index contributed by atoms with van der Waals surface area (Å²) in [5.74, 6) is -0.436. The van der Waals surface area contributed by atoms with Crippen molar-refractivity contribution in [3.63, 3.8) is 0 Å². The van der Waals surface area contributed by atoms with E-state index in [1.807, 2.05) is 53.9 Å². The van der Waals surface area contributed by atoms with Crippen LogP contribution in [0.5, 0.6) is 0 Å². The van der Waals surface area contributed by atoms with Crippen molar-refractivity contribution in [2.45, 2.75) is 25.4 Å². The lowest BCUT2D eigenvalue weighted by molar-refractivity contribution is -0.143. The van der Waals surface area contributed by atoms with Crippen LogP contribution in [-0.4, -0.2) is 59.7 Å². The van der Waals surface area contributed by atoms with Crippen LogP contribution in [0.1, 0.15) is 24.0 Å². The molecule has 0 aliphatic heterocycles. The van der Waals surface area contributed by atoms with Gasteiger partial charge in [-0.05, 0) is 37.9 Å². The number of imidazole rings is 1. The van der Waals surface area contributed by atoms with Crippen molar-refractivity contribution in [1.29, 1.82) is 0 Å². The zero-order valence-electron chi connectivity index (χ0n) is 18.0. The number of nitrogens with zero attached hydrogens (tertiary/aromatic N) is 4. The molecule has 0 atom stereocenters. The number of carbonyl (C=O) groups is 1. The van der Waals surface area contributed by atoms with E-state index in [1.165, 1.54) is 0 Å². The second-order valence-electron chi connectivity index (χ2n) is 7.73. The number of fused-ring (bicyclic) bond motifs is 1. The number of Topliss-reactive ketones (excluding diaryl/α,β-unsaturated/α-hetero) is 1. The number of benzene rings is 1. The summed E-state index contributed by atoms with van der Waals surface area (Å²) in [6, 6.07) is 11.0. The molecule has 2 aromatic heterocycles. The van der Waals surface area contributed by atoms with E-state index in [0.717, 1.165) is 23.4 Å². The van der Waals surface area contributed by atoms with Crippen LogP contribution in [-0.2, 0) is 16.1 Å². The second-order valence-corrected chi connectivity index (χ2v) is 7.73. The summed E-state index contributed by atoms with van der Waals surface area (Å²) in [5.41, 5.74) is 3.86. The maximum atomic E-state index is 12.3. The minimum atomic E-state index is -4.32. The van der Waals surface area contributed by atoms with Crippen molar-refractivity contribution >= 4 is 17.6 Å². The Morgan fingerprint density at radius 1 is 1.25 bits per heavy atom. The SMILES string of the molecule is CN(C)CCO/N=C\c1ccn2c(-c3cccc(CC(=O)CCC(F)(F)F)c3)cnc2c1. The van der Waals surface area contributed by atoms with Crippen LogP contribution in [0.15, 0.2) is 53.9 Å². The lowest BCUT2D eigenvalue weighted by Gasteiger charge is -2.07. The summed E-state index contributed by atoms with van der Waals surface area (Å²) < 4.78 is 38.9. The predicted molar refractivity (Wildman–Crippen MR) is 117 cm³/mol. The topological polar surface area (TPSA) is 59.2 Å². The second kappa shape index (κ2) is 10.4. The van der Waals surface area contributed by atoms with E-state index >= 15 is 0 Å². The van der Waals surface area contributed by atoms with Crippen molar-refractivity contribution in [2.24, 2.45) is 5.16 Å². The van der Waals surface area contributed by atoms with Gasteiger partial charge in [-0.25, -0.2) is 4.98 Å². The number of carbonyl (C=O) groups excluding carboxylic acids is 1. The highest BCUT2D eigenvalue weighted by Crippen LogP contribution is 2.24. The number of hydrogen-bond acceptors (Lipinski definition) is 5. The summed E-state index contributed by atoms with van der Waals surface area (Å²) in [7, 11) is 3.91. The molecule has 0 N–H and O–H groups in total. The molecule has 0 saturated carbocycles. The summed E-state index contributed by atoms with van der Waals surface area (Å²) in [5, 5.41) is 3.96. The van der Waals surface area contributed by atoms with E-state index in [-0.39, 0.29) is 6.42 Å². The Hall–Kier alpha value is -3.20. The quantitative estimate of drug-likeness (QED) is 0.264. The highest BCUT2D eigenvalue weighted by Gasteiger charge is 2.27. The average molecular weight is 446 g/mol. The Bertz CT molecular complexity index is 1090. The molecule has 0 saturated heterocycles. The zero-order chi connectivity index (χ0) is 23.1. The first kappa shape index (κ1) is 23.5. The Labute approximate surface area is 184 Å². The smallest absolute Gasteiger partial charge is 0.389 e. The maximum absolute atomic E-state index is 12.3. The lowest BCUT2D eigenvalue weighted by atomic mass is 10.0. The van der Waals surface area contributed by atoms with Crippen molar-refractivity contribution in [1.82, 2.24) is 14.3 Å². The molecule has 9 heteroatoms. The predicted octanol–water partition coefficient (Wildman–Crippen LogP) is 4.37. The molecule has 3 aromatic rings.